The van der Waals surface area contributed by atoms with Crippen molar-refractivity contribution < 1.29 is 19.7 Å². The van der Waals surface area contributed by atoms with Crippen LogP contribution in [0.5, 0.6) is 0 Å². The van der Waals surface area contributed by atoms with Crippen molar-refractivity contribution >= 4 is 17.4 Å². The lowest BCUT2D eigenvalue weighted by Gasteiger charge is -2.40. The Labute approximate surface area is 174 Å². The molecule has 29 heavy (non-hydrogen) atoms. The summed E-state index contributed by atoms with van der Waals surface area (Å²) >= 11 is 6.14. The molecule has 1 aromatic rings. The van der Waals surface area contributed by atoms with E-state index in [9.17, 15) is 10.2 Å². The molecule has 4 N–H and O–H groups in total. The van der Waals surface area contributed by atoms with Crippen LogP contribution in [0.15, 0.2) is 23.2 Å². The van der Waals surface area contributed by atoms with Crippen molar-refractivity contribution in [1.29, 1.82) is 0 Å². The fourth-order valence-electron chi connectivity index (χ4n) is 5.27. The summed E-state index contributed by atoms with van der Waals surface area (Å²) in [6, 6.07) is 5.68. The van der Waals surface area contributed by atoms with Gasteiger partial charge in [0.25, 0.3) is 0 Å². The molecule has 2 saturated heterocycles. The first-order valence-electron chi connectivity index (χ1n) is 10.1. The number of benzene rings is 1. The molecule has 4 aliphatic rings. The molecular formula is C20H27ClN4O4. The number of ether oxygens (including phenoxy) is 2. The van der Waals surface area contributed by atoms with Crippen molar-refractivity contribution in [3.05, 3.63) is 34.3 Å². The SMILES string of the molecule is CN1CN=C(N)C2CCN([C@@H]3O[C@H]([C@@H]4OCCc5cc(Cl)ccc54)[C@@H](O)[C@H]3O)C21. The molecule has 0 aliphatic carbocycles. The van der Waals surface area contributed by atoms with Crippen LogP contribution in [0.3, 0.4) is 0 Å². The van der Waals surface area contributed by atoms with Gasteiger partial charge in [-0.25, -0.2) is 0 Å². The van der Waals surface area contributed by atoms with Gasteiger partial charge in [0.1, 0.15) is 36.5 Å². The van der Waals surface area contributed by atoms with Crippen LogP contribution < -0.4 is 5.73 Å². The number of hydrogen-bond donors (Lipinski definition) is 3. The maximum Gasteiger partial charge on any atom is 0.141 e. The molecule has 5 rings (SSSR count). The highest BCUT2D eigenvalue weighted by Gasteiger charge is 2.54. The largest absolute Gasteiger partial charge is 0.387 e. The zero-order chi connectivity index (χ0) is 20.3. The summed E-state index contributed by atoms with van der Waals surface area (Å²) in [5, 5.41) is 22.4. The predicted octanol–water partition coefficient (Wildman–Crippen LogP) is 0.309. The number of aliphatic hydroxyl groups is 2. The third-order valence-corrected chi connectivity index (χ3v) is 6.92. The Morgan fingerprint density at radius 2 is 2.10 bits per heavy atom. The van der Waals surface area contributed by atoms with Gasteiger partial charge in [-0.05, 0) is 43.1 Å². The van der Waals surface area contributed by atoms with E-state index in [2.05, 4.69) is 14.8 Å². The second-order valence-corrected chi connectivity index (χ2v) is 8.82. The lowest BCUT2D eigenvalue weighted by Crippen LogP contribution is -2.57. The second-order valence-electron chi connectivity index (χ2n) is 8.38. The molecule has 2 fully saturated rings. The van der Waals surface area contributed by atoms with Crippen LogP contribution in [-0.2, 0) is 15.9 Å². The number of likely N-dealkylation sites (tertiary alicyclic amines) is 1. The molecule has 0 radical (unpaired) electrons. The Morgan fingerprint density at radius 3 is 2.93 bits per heavy atom. The summed E-state index contributed by atoms with van der Waals surface area (Å²) in [7, 11) is 1.99. The first-order valence-corrected chi connectivity index (χ1v) is 10.5. The van der Waals surface area contributed by atoms with E-state index in [1.54, 1.807) is 0 Å². The number of fused-ring (bicyclic) bond motifs is 2. The quantitative estimate of drug-likeness (QED) is 0.630. The van der Waals surface area contributed by atoms with Gasteiger partial charge in [0.15, 0.2) is 0 Å². The lowest BCUT2D eigenvalue weighted by atomic mass is 9.92. The van der Waals surface area contributed by atoms with Crippen LogP contribution >= 0.6 is 11.6 Å². The minimum absolute atomic E-state index is 0.00327. The van der Waals surface area contributed by atoms with Crippen molar-refractivity contribution in [3.63, 3.8) is 0 Å². The van der Waals surface area contributed by atoms with Crippen molar-refractivity contribution in [2.24, 2.45) is 16.6 Å². The molecule has 7 atom stereocenters. The molecule has 0 spiro atoms. The summed E-state index contributed by atoms with van der Waals surface area (Å²) in [6.07, 6.45) is -2.21. The fourth-order valence-corrected chi connectivity index (χ4v) is 5.46. The molecule has 0 aromatic heterocycles. The van der Waals surface area contributed by atoms with E-state index in [0.29, 0.717) is 24.1 Å². The molecular weight excluding hydrogens is 396 g/mol. The molecule has 158 valence electrons. The van der Waals surface area contributed by atoms with E-state index in [4.69, 9.17) is 26.8 Å². The summed E-state index contributed by atoms with van der Waals surface area (Å²) in [4.78, 5) is 8.59. The van der Waals surface area contributed by atoms with Gasteiger partial charge in [0.2, 0.25) is 0 Å². The monoisotopic (exact) mass is 422 g/mol. The Bertz CT molecular complexity index is 824. The Morgan fingerprint density at radius 1 is 1.28 bits per heavy atom. The molecule has 8 nitrogen and oxygen atoms in total. The fraction of sp³-hybridized carbons (Fsp3) is 0.650. The predicted molar refractivity (Wildman–Crippen MR) is 107 cm³/mol. The highest BCUT2D eigenvalue weighted by molar-refractivity contribution is 6.30. The number of aliphatic imine (C=N–C) groups is 1. The Kier molecular flexibility index (Phi) is 5.06. The summed E-state index contributed by atoms with van der Waals surface area (Å²) in [5.41, 5.74) is 8.19. The second kappa shape index (κ2) is 7.46. The standard InChI is InChI=1S/C20H27ClN4O4/c1-24-9-23-18(22)13-4-6-25(19(13)24)20-15(27)14(26)17(29-20)16-12-3-2-11(21)8-10(12)5-7-28-16/h2-3,8,13-17,19-20,26-27H,4-7,9H2,1H3,(H2,22,23)/t13?,14-,15+,16+,17-,19?,20+/m0/s1. The third-order valence-electron chi connectivity index (χ3n) is 6.69. The summed E-state index contributed by atoms with van der Waals surface area (Å²) in [6.45, 7) is 1.75. The Hall–Kier alpha value is -1.26. The van der Waals surface area contributed by atoms with E-state index >= 15 is 0 Å². The number of nitrogens with two attached hydrogens (primary N) is 1. The molecule has 4 aliphatic heterocycles. The number of amidine groups is 1. The van der Waals surface area contributed by atoms with Gasteiger partial charge in [-0.3, -0.25) is 14.8 Å². The average Bonchev–Trinajstić information content (AvgIpc) is 3.27. The molecule has 0 bridgehead atoms. The molecule has 0 amide bonds. The van der Waals surface area contributed by atoms with Crippen LogP contribution in [-0.4, -0.2) is 83.4 Å². The van der Waals surface area contributed by atoms with E-state index in [-0.39, 0.29) is 12.1 Å². The molecule has 0 saturated carbocycles. The molecule has 1 aromatic carbocycles. The Balaban J connectivity index is 1.40. The van der Waals surface area contributed by atoms with Gasteiger partial charge < -0.3 is 25.4 Å². The van der Waals surface area contributed by atoms with Gasteiger partial charge in [-0.1, -0.05) is 17.7 Å². The van der Waals surface area contributed by atoms with Crippen molar-refractivity contribution in [2.45, 2.75) is 49.7 Å². The topological polar surface area (TPSA) is 104 Å². The molecule has 2 unspecified atom stereocenters. The minimum atomic E-state index is -1.05. The van der Waals surface area contributed by atoms with Gasteiger partial charge >= 0.3 is 0 Å². The van der Waals surface area contributed by atoms with Crippen LogP contribution in [0.2, 0.25) is 5.02 Å². The maximum atomic E-state index is 10.9. The minimum Gasteiger partial charge on any atom is -0.387 e. The maximum absolute atomic E-state index is 10.9. The number of rotatable bonds is 2. The van der Waals surface area contributed by atoms with Crippen LogP contribution in [0, 0.1) is 5.92 Å². The van der Waals surface area contributed by atoms with Gasteiger partial charge in [0, 0.05) is 17.5 Å². The van der Waals surface area contributed by atoms with Crippen LogP contribution in [0.25, 0.3) is 0 Å². The normalized spacial score (nSPS) is 40.6. The first-order chi connectivity index (χ1) is 14.0. The summed E-state index contributed by atoms with van der Waals surface area (Å²) in [5.74, 6) is 0.760. The van der Waals surface area contributed by atoms with Gasteiger partial charge in [0.05, 0.1) is 19.4 Å². The van der Waals surface area contributed by atoms with E-state index in [1.807, 2.05) is 25.2 Å². The van der Waals surface area contributed by atoms with Gasteiger partial charge in [-0.2, -0.15) is 0 Å². The van der Waals surface area contributed by atoms with Crippen molar-refractivity contribution in [2.75, 3.05) is 26.9 Å². The highest BCUT2D eigenvalue weighted by Crippen LogP contribution is 2.41. The molecule has 9 heteroatoms. The highest BCUT2D eigenvalue weighted by atomic mass is 35.5. The van der Waals surface area contributed by atoms with Crippen molar-refractivity contribution in [1.82, 2.24) is 9.80 Å². The molecule has 4 heterocycles. The van der Waals surface area contributed by atoms with Gasteiger partial charge in [-0.15, -0.1) is 0 Å². The summed E-state index contributed by atoms with van der Waals surface area (Å²) < 4.78 is 12.3. The first kappa shape index (κ1) is 19.7. The smallest absolute Gasteiger partial charge is 0.141 e. The van der Waals surface area contributed by atoms with E-state index in [0.717, 1.165) is 30.5 Å². The number of nitrogens with zero attached hydrogens (tertiary/aromatic N) is 3. The van der Waals surface area contributed by atoms with Crippen LogP contribution in [0.4, 0.5) is 0 Å². The lowest BCUT2D eigenvalue weighted by molar-refractivity contribution is -0.149. The zero-order valence-corrected chi connectivity index (χ0v) is 17.1. The zero-order valence-electron chi connectivity index (χ0n) is 16.3. The average molecular weight is 423 g/mol. The van der Waals surface area contributed by atoms with Crippen molar-refractivity contribution in [3.8, 4) is 0 Å². The van der Waals surface area contributed by atoms with E-state index < -0.39 is 30.6 Å². The number of halogens is 1. The third kappa shape index (κ3) is 3.18. The number of aliphatic hydroxyl groups excluding tert-OH is 2. The van der Waals surface area contributed by atoms with E-state index in [1.165, 1.54) is 0 Å². The van der Waals surface area contributed by atoms with Crippen LogP contribution in [0.1, 0.15) is 23.7 Å². The number of hydrogen-bond acceptors (Lipinski definition) is 8.